The SMILES string of the molecule is Cc1cc(NC(=O)CNC2CCCN(Cc3noc(C)n3)C2)no1. The standard InChI is InChI=1S/C15H22N6O3/c1-10-6-13(19-23-10)18-15(22)7-16-12-4-3-5-21(8-12)9-14-17-11(2)24-20-14/h6,12,16H,3-5,7-9H2,1-2H3,(H,18,19,22). The van der Waals surface area contributed by atoms with Crippen molar-refractivity contribution in [3.8, 4) is 0 Å². The van der Waals surface area contributed by atoms with Crippen LogP contribution >= 0.6 is 0 Å². The second kappa shape index (κ2) is 7.54. The first-order valence-corrected chi connectivity index (χ1v) is 8.06. The lowest BCUT2D eigenvalue weighted by atomic mass is 10.1. The molecule has 9 nitrogen and oxygen atoms in total. The van der Waals surface area contributed by atoms with Gasteiger partial charge in [0.25, 0.3) is 0 Å². The summed E-state index contributed by atoms with van der Waals surface area (Å²) in [6, 6.07) is 1.95. The van der Waals surface area contributed by atoms with E-state index in [2.05, 4.69) is 30.8 Å². The predicted molar refractivity (Wildman–Crippen MR) is 85.2 cm³/mol. The van der Waals surface area contributed by atoms with Crippen LogP contribution in [0.1, 0.15) is 30.3 Å². The number of hydrogen-bond donors (Lipinski definition) is 2. The number of carbonyl (C=O) groups excluding carboxylic acids is 1. The van der Waals surface area contributed by atoms with Gasteiger partial charge in [-0.1, -0.05) is 10.3 Å². The van der Waals surface area contributed by atoms with Crippen molar-refractivity contribution in [3.63, 3.8) is 0 Å². The zero-order valence-electron chi connectivity index (χ0n) is 13.9. The summed E-state index contributed by atoms with van der Waals surface area (Å²) in [6.07, 6.45) is 2.11. The number of piperidine rings is 1. The van der Waals surface area contributed by atoms with Crippen LogP contribution in [-0.2, 0) is 11.3 Å². The van der Waals surface area contributed by atoms with Gasteiger partial charge in [0.05, 0.1) is 13.1 Å². The monoisotopic (exact) mass is 334 g/mol. The molecule has 3 heterocycles. The van der Waals surface area contributed by atoms with Crippen molar-refractivity contribution in [3.05, 3.63) is 23.5 Å². The number of nitrogens with one attached hydrogen (secondary N) is 2. The number of aryl methyl sites for hydroxylation is 2. The third-order valence-electron chi connectivity index (χ3n) is 3.89. The lowest BCUT2D eigenvalue weighted by Gasteiger charge is -2.32. The molecular weight excluding hydrogens is 312 g/mol. The van der Waals surface area contributed by atoms with Crippen molar-refractivity contribution < 1.29 is 13.8 Å². The molecule has 3 rings (SSSR count). The predicted octanol–water partition coefficient (Wildman–Crippen LogP) is 0.867. The van der Waals surface area contributed by atoms with Gasteiger partial charge in [-0.15, -0.1) is 0 Å². The molecule has 1 fully saturated rings. The van der Waals surface area contributed by atoms with E-state index in [0.29, 0.717) is 29.8 Å². The van der Waals surface area contributed by atoms with E-state index in [4.69, 9.17) is 9.05 Å². The van der Waals surface area contributed by atoms with E-state index in [0.717, 1.165) is 25.9 Å². The fourth-order valence-corrected chi connectivity index (χ4v) is 2.82. The van der Waals surface area contributed by atoms with Crippen LogP contribution in [0, 0.1) is 13.8 Å². The Morgan fingerprint density at radius 1 is 1.38 bits per heavy atom. The van der Waals surface area contributed by atoms with Gasteiger partial charge >= 0.3 is 0 Å². The molecule has 0 bridgehead atoms. The van der Waals surface area contributed by atoms with Gasteiger partial charge in [0, 0.05) is 25.6 Å². The first-order chi connectivity index (χ1) is 11.6. The van der Waals surface area contributed by atoms with Gasteiger partial charge in [0.1, 0.15) is 5.76 Å². The first kappa shape index (κ1) is 16.6. The minimum atomic E-state index is -0.130. The number of hydrogen-bond acceptors (Lipinski definition) is 8. The number of aromatic nitrogens is 3. The molecule has 9 heteroatoms. The van der Waals surface area contributed by atoms with Crippen molar-refractivity contribution in [1.82, 2.24) is 25.5 Å². The fourth-order valence-electron chi connectivity index (χ4n) is 2.82. The fraction of sp³-hybridized carbons (Fsp3) is 0.600. The molecule has 2 aromatic heterocycles. The third kappa shape index (κ3) is 4.62. The lowest BCUT2D eigenvalue weighted by molar-refractivity contribution is -0.115. The van der Waals surface area contributed by atoms with Crippen molar-refractivity contribution >= 4 is 11.7 Å². The smallest absolute Gasteiger partial charge is 0.239 e. The van der Waals surface area contributed by atoms with Gasteiger partial charge in [-0.2, -0.15) is 4.98 Å². The maximum absolute atomic E-state index is 11.9. The number of anilines is 1. The summed E-state index contributed by atoms with van der Waals surface area (Å²) < 4.78 is 9.92. The van der Waals surface area contributed by atoms with Gasteiger partial charge in [0.15, 0.2) is 11.6 Å². The van der Waals surface area contributed by atoms with Crippen molar-refractivity contribution in [1.29, 1.82) is 0 Å². The summed E-state index contributed by atoms with van der Waals surface area (Å²) in [4.78, 5) is 18.4. The minimum absolute atomic E-state index is 0.130. The maximum atomic E-state index is 11.9. The van der Waals surface area contributed by atoms with E-state index in [9.17, 15) is 4.79 Å². The average molecular weight is 334 g/mol. The number of nitrogens with zero attached hydrogens (tertiary/aromatic N) is 4. The Kier molecular flexibility index (Phi) is 5.21. The van der Waals surface area contributed by atoms with Crippen molar-refractivity contribution in [2.45, 2.75) is 39.3 Å². The topological polar surface area (TPSA) is 109 Å². The second-order valence-electron chi connectivity index (χ2n) is 6.06. The molecule has 1 aliphatic rings. The molecule has 24 heavy (non-hydrogen) atoms. The van der Waals surface area contributed by atoms with Crippen LogP contribution in [-0.4, -0.2) is 51.8 Å². The van der Waals surface area contributed by atoms with E-state index in [1.807, 2.05) is 0 Å². The highest BCUT2D eigenvalue weighted by Gasteiger charge is 2.21. The molecule has 0 aliphatic carbocycles. The normalized spacial score (nSPS) is 18.7. The van der Waals surface area contributed by atoms with Crippen LogP contribution in [0.3, 0.4) is 0 Å². The Hall–Kier alpha value is -2.26. The summed E-state index contributed by atoms with van der Waals surface area (Å²) in [5.41, 5.74) is 0. The Balaban J connectivity index is 1.42. The largest absolute Gasteiger partial charge is 0.360 e. The van der Waals surface area contributed by atoms with Gasteiger partial charge in [0.2, 0.25) is 11.8 Å². The van der Waals surface area contributed by atoms with Crippen LogP contribution in [0.4, 0.5) is 5.82 Å². The van der Waals surface area contributed by atoms with Crippen LogP contribution < -0.4 is 10.6 Å². The van der Waals surface area contributed by atoms with E-state index in [1.165, 1.54) is 0 Å². The molecular formula is C15H22N6O3. The molecule has 1 amide bonds. The Bertz CT molecular complexity index is 682. The summed E-state index contributed by atoms with van der Waals surface area (Å²) in [6.45, 7) is 6.32. The number of amides is 1. The van der Waals surface area contributed by atoms with Gasteiger partial charge in [-0.05, 0) is 26.3 Å². The Morgan fingerprint density at radius 3 is 2.96 bits per heavy atom. The summed E-state index contributed by atoms with van der Waals surface area (Å²) in [5.74, 6) is 2.26. The molecule has 1 aliphatic heterocycles. The zero-order chi connectivity index (χ0) is 16.9. The average Bonchev–Trinajstić information content (AvgIpc) is 3.14. The van der Waals surface area contributed by atoms with Crippen LogP contribution in [0.15, 0.2) is 15.1 Å². The van der Waals surface area contributed by atoms with E-state index >= 15 is 0 Å². The molecule has 0 radical (unpaired) electrons. The quantitative estimate of drug-likeness (QED) is 0.801. The lowest BCUT2D eigenvalue weighted by Crippen LogP contribution is -2.47. The highest BCUT2D eigenvalue weighted by molar-refractivity contribution is 5.91. The highest BCUT2D eigenvalue weighted by Crippen LogP contribution is 2.13. The number of likely N-dealkylation sites (tertiary alicyclic amines) is 1. The minimum Gasteiger partial charge on any atom is -0.360 e. The maximum Gasteiger partial charge on any atom is 0.239 e. The van der Waals surface area contributed by atoms with Gasteiger partial charge in [-0.3, -0.25) is 9.69 Å². The highest BCUT2D eigenvalue weighted by atomic mass is 16.5. The summed E-state index contributed by atoms with van der Waals surface area (Å²) in [7, 11) is 0. The summed E-state index contributed by atoms with van der Waals surface area (Å²) in [5, 5.41) is 13.7. The Morgan fingerprint density at radius 2 is 2.25 bits per heavy atom. The molecule has 1 saturated heterocycles. The molecule has 0 aromatic carbocycles. The number of rotatable bonds is 6. The molecule has 2 aromatic rings. The molecule has 0 spiro atoms. The van der Waals surface area contributed by atoms with Gasteiger partial charge < -0.3 is 19.7 Å². The zero-order valence-corrected chi connectivity index (χ0v) is 13.9. The van der Waals surface area contributed by atoms with E-state index < -0.39 is 0 Å². The van der Waals surface area contributed by atoms with E-state index in [-0.39, 0.29) is 18.5 Å². The van der Waals surface area contributed by atoms with Crippen LogP contribution in [0.5, 0.6) is 0 Å². The van der Waals surface area contributed by atoms with E-state index in [1.54, 1.807) is 19.9 Å². The van der Waals surface area contributed by atoms with Gasteiger partial charge in [-0.25, -0.2) is 0 Å². The third-order valence-corrected chi connectivity index (χ3v) is 3.89. The number of carbonyl (C=O) groups is 1. The molecule has 1 unspecified atom stereocenters. The van der Waals surface area contributed by atoms with Crippen LogP contribution in [0.25, 0.3) is 0 Å². The second-order valence-corrected chi connectivity index (χ2v) is 6.06. The van der Waals surface area contributed by atoms with Crippen molar-refractivity contribution in [2.75, 3.05) is 25.0 Å². The van der Waals surface area contributed by atoms with Crippen molar-refractivity contribution in [2.24, 2.45) is 0 Å². The molecule has 2 N–H and O–H groups in total. The first-order valence-electron chi connectivity index (χ1n) is 8.06. The molecule has 130 valence electrons. The molecule has 1 atom stereocenters. The Labute approximate surface area is 139 Å². The van der Waals surface area contributed by atoms with Crippen LogP contribution in [0.2, 0.25) is 0 Å². The molecule has 0 saturated carbocycles. The summed E-state index contributed by atoms with van der Waals surface area (Å²) >= 11 is 0.